The van der Waals surface area contributed by atoms with Crippen LogP contribution in [0, 0.1) is 0 Å². The van der Waals surface area contributed by atoms with Crippen LogP contribution in [0.15, 0.2) is 18.2 Å². The van der Waals surface area contributed by atoms with Crippen LogP contribution < -0.4 is 16.2 Å². The van der Waals surface area contributed by atoms with Gasteiger partial charge in [0.25, 0.3) is 0 Å². The van der Waals surface area contributed by atoms with Gasteiger partial charge < -0.3 is 26.0 Å². The zero-order valence-corrected chi connectivity index (χ0v) is 11.6. The van der Waals surface area contributed by atoms with E-state index in [0.717, 1.165) is 39.1 Å². The number of ether oxygens (including phenoxy) is 1. The average molecular weight is 264 g/mol. The lowest BCUT2D eigenvalue weighted by Gasteiger charge is -2.32. The second-order valence-electron chi connectivity index (χ2n) is 5.14. The van der Waals surface area contributed by atoms with E-state index < -0.39 is 0 Å². The molecule has 0 saturated carbocycles. The van der Waals surface area contributed by atoms with Gasteiger partial charge in [0.05, 0.1) is 12.3 Å². The fraction of sp³-hybridized carbons (Fsp3) is 0.571. The van der Waals surface area contributed by atoms with Crippen LogP contribution in [0.2, 0.25) is 0 Å². The Balaban J connectivity index is 1.68. The van der Waals surface area contributed by atoms with Crippen molar-refractivity contribution in [3.8, 4) is 5.75 Å². The molecule has 0 amide bonds. The Labute approximate surface area is 115 Å². The lowest BCUT2D eigenvalue weighted by atomic mass is 10.2. The van der Waals surface area contributed by atoms with E-state index in [1.807, 2.05) is 0 Å². The zero-order valence-electron chi connectivity index (χ0n) is 11.6. The van der Waals surface area contributed by atoms with Gasteiger partial charge in [-0.05, 0) is 25.6 Å². The first kappa shape index (κ1) is 14.0. The molecule has 0 radical (unpaired) electrons. The molecular formula is C14H24N4O. The Morgan fingerprint density at radius 1 is 1.16 bits per heavy atom. The fourth-order valence-corrected chi connectivity index (χ4v) is 2.22. The summed E-state index contributed by atoms with van der Waals surface area (Å²) < 4.78 is 5.69. The summed E-state index contributed by atoms with van der Waals surface area (Å²) >= 11 is 0. The summed E-state index contributed by atoms with van der Waals surface area (Å²) in [6.45, 7) is 6.37. The van der Waals surface area contributed by atoms with Crippen LogP contribution in [0.3, 0.4) is 0 Å². The quantitative estimate of drug-likeness (QED) is 0.610. The summed E-state index contributed by atoms with van der Waals surface area (Å²) in [6.07, 6.45) is 1.01. The van der Waals surface area contributed by atoms with Crippen molar-refractivity contribution in [2.24, 2.45) is 0 Å². The number of benzene rings is 1. The molecule has 2 rings (SSSR count). The van der Waals surface area contributed by atoms with Crippen LogP contribution >= 0.6 is 0 Å². The van der Waals surface area contributed by atoms with E-state index in [2.05, 4.69) is 16.8 Å². The molecule has 0 bridgehead atoms. The maximum absolute atomic E-state index is 5.83. The highest BCUT2D eigenvalue weighted by atomic mass is 16.5. The summed E-state index contributed by atoms with van der Waals surface area (Å²) in [5.41, 5.74) is 12.9. The van der Waals surface area contributed by atoms with Gasteiger partial charge >= 0.3 is 0 Å². The minimum absolute atomic E-state index is 0.647. The van der Waals surface area contributed by atoms with Crippen molar-refractivity contribution < 1.29 is 4.74 Å². The van der Waals surface area contributed by atoms with Gasteiger partial charge in [-0.3, -0.25) is 0 Å². The van der Waals surface area contributed by atoms with Gasteiger partial charge in [-0.15, -0.1) is 0 Å². The van der Waals surface area contributed by atoms with Gasteiger partial charge in [-0.25, -0.2) is 0 Å². The van der Waals surface area contributed by atoms with E-state index in [0.29, 0.717) is 23.7 Å². The molecule has 0 aromatic heterocycles. The molecule has 0 aliphatic carbocycles. The van der Waals surface area contributed by atoms with Crippen molar-refractivity contribution in [3.05, 3.63) is 18.2 Å². The second kappa shape index (κ2) is 6.63. The molecule has 1 heterocycles. The maximum atomic E-state index is 5.83. The molecule has 5 nitrogen and oxygen atoms in total. The van der Waals surface area contributed by atoms with Crippen LogP contribution in [0.25, 0.3) is 0 Å². The van der Waals surface area contributed by atoms with E-state index in [4.69, 9.17) is 16.2 Å². The Morgan fingerprint density at radius 2 is 1.89 bits per heavy atom. The summed E-state index contributed by atoms with van der Waals surface area (Å²) in [5.74, 6) is 0.693. The van der Waals surface area contributed by atoms with Gasteiger partial charge in [0.2, 0.25) is 0 Å². The molecule has 106 valence electrons. The number of rotatable bonds is 5. The summed E-state index contributed by atoms with van der Waals surface area (Å²) in [5, 5.41) is 0. The summed E-state index contributed by atoms with van der Waals surface area (Å²) in [7, 11) is 2.17. The lowest BCUT2D eigenvalue weighted by molar-refractivity contribution is 0.145. The monoisotopic (exact) mass is 264 g/mol. The minimum atomic E-state index is 0.647. The van der Waals surface area contributed by atoms with Crippen molar-refractivity contribution in [2.45, 2.75) is 6.42 Å². The third-order valence-corrected chi connectivity index (χ3v) is 3.51. The van der Waals surface area contributed by atoms with Crippen molar-refractivity contribution in [3.63, 3.8) is 0 Å². The molecule has 1 fully saturated rings. The first-order valence-corrected chi connectivity index (χ1v) is 6.84. The van der Waals surface area contributed by atoms with Gasteiger partial charge in [-0.1, -0.05) is 0 Å². The zero-order chi connectivity index (χ0) is 13.7. The van der Waals surface area contributed by atoms with Crippen molar-refractivity contribution in [1.29, 1.82) is 0 Å². The molecule has 0 atom stereocenters. The van der Waals surface area contributed by atoms with E-state index in [1.165, 1.54) is 0 Å². The predicted octanol–water partition coefficient (Wildman–Crippen LogP) is 0.867. The molecule has 5 heteroatoms. The largest absolute Gasteiger partial charge is 0.491 e. The Hall–Kier alpha value is -1.46. The summed E-state index contributed by atoms with van der Waals surface area (Å²) in [4.78, 5) is 4.84. The highest BCUT2D eigenvalue weighted by molar-refractivity contribution is 5.59. The fourth-order valence-electron chi connectivity index (χ4n) is 2.22. The Morgan fingerprint density at radius 3 is 2.63 bits per heavy atom. The molecule has 1 aromatic rings. The maximum Gasteiger partial charge on any atom is 0.144 e. The van der Waals surface area contributed by atoms with Gasteiger partial charge in [0.1, 0.15) is 5.75 Å². The molecule has 0 spiro atoms. The number of nitrogens with two attached hydrogens (primary N) is 2. The number of likely N-dealkylation sites (N-methyl/N-ethyl adjacent to an activating group) is 1. The highest BCUT2D eigenvalue weighted by Gasteiger charge is 2.12. The SMILES string of the molecule is CN1CCN(CCCOc2cc(N)ccc2N)CC1. The number of nitrogen functional groups attached to an aromatic ring is 2. The third kappa shape index (κ3) is 4.29. The predicted molar refractivity (Wildman–Crippen MR) is 79.3 cm³/mol. The first-order chi connectivity index (χ1) is 9.15. The molecular weight excluding hydrogens is 240 g/mol. The lowest BCUT2D eigenvalue weighted by Crippen LogP contribution is -2.44. The van der Waals surface area contributed by atoms with Crippen LogP contribution in [-0.2, 0) is 0 Å². The Bertz CT molecular complexity index is 402. The minimum Gasteiger partial charge on any atom is -0.491 e. The van der Waals surface area contributed by atoms with E-state index in [9.17, 15) is 0 Å². The van der Waals surface area contributed by atoms with Crippen molar-refractivity contribution in [1.82, 2.24) is 9.80 Å². The normalized spacial score (nSPS) is 17.5. The number of hydrogen-bond donors (Lipinski definition) is 2. The van der Waals surface area contributed by atoms with E-state index >= 15 is 0 Å². The summed E-state index contributed by atoms with van der Waals surface area (Å²) in [6, 6.07) is 5.35. The van der Waals surface area contributed by atoms with Crippen molar-refractivity contribution >= 4 is 11.4 Å². The first-order valence-electron chi connectivity index (χ1n) is 6.84. The van der Waals surface area contributed by atoms with Gasteiger partial charge in [-0.2, -0.15) is 0 Å². The molecule has 0 unspecified atom stereocenters. The van der Waals surface area contributed by atoms with Crippen LogP contribution in [0.4, 0.5) is 11.4 Å². The van der Waals surface area contributed by atoms with Crippen LogP contribution in [0.5, 0.6) is 5.75 Å². The van der Waals surface area contributed by atoms with Crippen molar-refractivity contribution in [2.75, 3.05) is 57.8 Å². The van der Waals surface area contributed by atoms with Gasteiger partial charge in [0.15, 0.2) is 0 Å². The topological polar surface area (TPSA) is 67.8 Å². The smallest absolute Gasteiger partial charge is 0.144 e. The van der Waals surface area contributed by atoms with Crippen LogP contribution in [-0.4, -0.2) is 56.2 Å². The molecule has 1 saturated heterocycles. The molecule has 1 aromatic carbocycles. The average Bonchev–Trinajstić information content (AvgIpc) is 2.40. The van der Waals surface area contributed by atoms with Crippen LogP contribution in [0.1, 0.15) is 6.42 Å². The Kier molecular flexibility index (Phi) is 4.87. The standard InChI is InChI=1S/C14H24N4O/c1-17-6-8-18(9-7-17)5-2-10-19-14-11-12(15)3-4-13(14)16/h3-4,11H,2,5-10,15-16H2,1H3. The van der Waals surface area contributed by atoms with Gasteiger partial charge in [0, 0.05) is 44.5 Å². The molecule has 1 aliphatic heterocycles. The molecule has 19 heavy (non-hydrogen) atoms. The number of piperazine rings is 1. The van der Waals surface area contributed by atoms with E-state index in [1.54, 1.807) is 18.2 Å². The number of nitrogens with zero attached hydrogens (tertiary/aromatic N) is 2. The number of hydrogen-bond acceptors (Lipinski definition) is 5. The molecule has 4 N–H and O–H groups in total. The third-order valence-electron chi connectivity index (χ3n) is 3.51. The van der Waals surface area contributed by atoms with E-state index in [-0.39, 0.29) is 0 Å². The second-order valence-corrected chi connectivity index (χ2v) is 5.14. The highest BCUT2D eigenvalue weighted by Crippen LogP contribution is 2.23. The molecule has 1 aliphatic rings. The number of anilines is 2.